The monoisotopic (exact) mass is 796 g/mol. The first kappa shape index (κ1) is 49.4. The minimum Gasteiger partial charge on any atom is -0.444 e. The molecular formula is C35H63BN9O11. The molecule has 9 N–H and O–H groups in total. The molecule has 20 nitrogen and oxygen atoms in total. The number of carbonyl (C=O) groups excluding carboxylic acids is 8. The summed E-state index contributed by atoms with van der Waals surface area (Å²) >= 11 is 0. The van der Waals surface area contributed by atoms with Crippen LogP contribution in [0.3, 0.4) is 0 Å². The van der Waals surface area contributed by atoms with Gasteiger partial charge in [0.15, 0.2) is 0 Å². The highest BCUT2D eigenvalue weighted by atomic mass is 16.6. The van der Waals surface area contributed by atoms with E-state index in [0.717, 1.165) is 0 Å². The summed E-state index contributed by atoms with van der Waals surface area (Å²) in [5.74, 6) is -3.70. The Balaban J connectivity index is 3.16. The van der Waals surface area contributed by atoms with Crippen LogP contribution in [-0.2, 0) is 38.1 Å². The van der Waals surface area contributed by atoms with Crippen molar-refractivity contribution in [2.45, 2.75) is 142 Å². The molecule has 21 heteroatoms. The molecular weight excluding hydrogens is 733 g/mol. The van der Waals surface area contributed by atoms with Crippen LogP contribution < -0.4 is 47.8 Å². The number of urea groups is 1. The van der Waals surface area contributed by atoms with E-state index in [1.807, 2.05) is 0 Å². The van der Waals surface area contributed by atoms with Crippen LogP contribution in [0.5, 0.6) is 0 Å². The van der Waals surface area contributed by atoms with E-state index in [2.05, 4.69) is 47.8 Å². The van der Waals surface area contributed by atoms with Gasteiger partial charge in [-0.3, -0.25) is 29.3 Å². The number of alkyl carbamates (subject to hydrolysis) is 2. The lowest BCUT2D eigenvalue weighted by atomic mass is 10.1. The van der Waals surface area contributed by atoms with Gasteiger partial charge in [-0.15, -0.1) is 0 Å². The van der Waals surface area contributed by atoms with Crippen LogP contribution in [0.15, 0.2) is 0 Å². The predicted molar refractivity (Wildman–Crippen MR) is 206 cm³/mol. The molecule has 1 heterocycles. The van der Waals surface area contributed by atoms with Gasteiger partial charge in [0.1, 0.15) is 35.4 Å². The van der Waals surface area contributed by atoms with Gasteiger partial charge in [0.05, 0.1) is 6.54 Å². The van der Waals surface area contributed by atoms with Gasteiger partial charge in [0.2, 0.25) is 23.6 Å². The molecule has 1 saturated heterocycles. The smallest absolute Gasteiger partial charge is 0.407 e. The molecule has 1 radical (unpaired) electrons. The van der Waals surface area contributed by atoms with Crippen molar-refractivity contribution >= 4 is 55.4 Å². The molecule has 0 saturated carbocycles. The van der Waals surface area contributed by atoms with Crippen molar-refractivity contribution in [2.24, 2.45) is 0 Å². The molecule has 0 aromatic heterocycles. The van der Waals surface area contributed by atoms with Gasteiger partial charge in [0, 0.05) is 20.2 Å². The second-order valence-electron chi connectivity index (χ2n) is 15.3. The highest BCUT2D eigenvalue weighted by Gasteiger charge is 2.30. The first-order valence-corrected chi connectivity index (χ1v) is 19.0. The maximum Gasteiger partial charge on any atom is 0.407 e. The normalized spacial score (nSPS) is 20.5. The molecule has 0 aliphatic carbocycles. The van der Waals surface area contributed by atoms with Crippen molar-refractivity contribution in [2.75, 3.05) is 33.3 Å². The van der Waals surface area contributed by atoms with Gasteiger partial charge in [-0.05, 0) is 113 Å². The standard InChI is InChI=1S/C35H63BN9O11/c1-22-27(47)43-23(15-9-12-18-37-32(52)55-34(2,3)4)28(48)39-21-26(46)42-24(16-11-14-20-40-36-54-8)30(50)45-31(51)44-25(29(49)41-22)17-10-13-19-38-33(53)56-35(5,6)7/h22-25,40H,9-21H2,1-8H3,(H,37,52)(H,38,53)(H,39,48)(H,41,49)(H,42,46)(H,43,47)(H2,44,45,50,51)/t22-,23+,24+,25+/m1/s1. The summed E-state index contributed by atoms with van der Waals surface area (Å²) < 4.78 is 15.3. The van der Waals surface area contributed by atoms with Crippen LogP contribution in [-0.4, -0.2) is 124 Å². The molecule has 1 aliphatic rings. The number of imide groups is 1. The molecule has 56 heavy (non-hydrogen) atoms. The van der Waals surface area contributed by atoms with Crippen molar-refractivity contribution in [3.63, 3.8) is 0 Å². The predicted octanol–water partition coefficient (Wildman–Crippen LogP) is 0.115. The molecule has 0 unspecified atom stereocenters. The second-order valence-corrected chi connectivity index (χ2v) is 15.3. The maximum absolute atomic E-state index is 13.5. The lowest BCUT2D eigenvalue weighted by Gasteiger charge is -2.23. The zero-order valence-corrected chi connectivity index (χ0v) is 34.1. The Kier molecular flexibility index (Phi) is 22.5. The fourth-order valence-electron chi connectivity index (χ4n) is 5.09. The largest absolute Gasteiger partial charge is 0.444 e. The molecule has 4 atom stereocenters. The molecule has 317 valence electrons. The summed E-state index contributed by atoms with van der Waals surface area (Å²) in [7, 11) is 2.89. The lowest BCUT2D eigenvalue weighted by molar-refractivity contribution is -0.133. The van der Waals surface area contributed by atoms with Crippen molar-refractivity contribution < 1.29 is 52.5 Å². The SMILES string of the molecule is CO[B]NCCCC[C@@H]1NC(=O)CNC(=O)[C@H](CCCCNC(=O)OC(C)(C)C)NC(=O)[C@@H](C)NC(=O)[C@H](CCCCNC(=O)OC(C)(C)C)NC(=O)NC1=O. The number of unbranched alkanes of at least 4 members (excludes halogenated alkanes) is 3. The van der Waals surface area contributed by atoms with Crippen LogP contribution in [0.25, 0.3) is 0 Å². The summed E-state index contributed by atoms with van der Waals surface area (Å²) in [5.41, 5.74) is -1.36. The first-order chi connectivity index (χ1) is 26.2. The Hall–Kier alpha value is -4.66. The second kappa shape index (κ2) is 25.5. The van der Waals surface area contributed by atoms with Gasteiger partial charge in [-0.25, -0.2) is 14.4 Å². The number of nitrogens with one attached hydrogen (secondary N) is 9. The third-order valence-electron chi connectivity index (χ3n) is 7.76. The molecule has 1 fully saturated rings. The zero-order chi connectivity index (χ0) is 42.3. The average Bonchev–Trinajstić information content (AvgIpc) is 3.08. The maximum atomic E-state index is 13.5. The number of hydrogen-bond acceptors (Lipinski definition) is 12. The van der Waals surface area contributed by atoms with Crippen molar-refractivity contribution in [3.8, 4) is 0 Å². The number of rotatable bonds is 17. The third-order valence-corrected chi connectivity index (χ3v) is 7.76. The van der Waals surface area contributed by atoms with Crippen LogP contribution in [0.1, 0.15) is 106 Å². The fraction of sp³-hybridized carbons (Fsp3) is 0.771. The Morgan fingerprint density at radius 2 is 1.12 bits per heavy atom. The minimum atomic E-state index is -1.22. The number of carbonyl (C=O) groups is 8. The van der Waals surface area contributed by atoms with Gasteiger partial charge in [-0.1, -0.05) is 0 Å². The average molecular weight is 797 g/mol. The molecule has 1 rings (SSSR count). The van der Waals surface area contributed by atoms with Crippen molar-refractivity contribution in [3.05, 3.63) is 0 Å². The van der Waals surface area contributed by atoms with E-state index in [-0.39, 0.29) is 32.4 Å². The molecule has 1 aliphatic heterocycles. The van der Waals surface area contributed by atoms with E-state index in [1.165, 1.54) is 21.7 Å². The third kappa shape index (κ3) is 23.3. The lowest BCUT2D eigenvalue weighted by Crippen LogP contribution is -2.57. The van der Waals surface area contributed by atoms with E-state index in [1.54, 1.807) is 41.5 Å². The number of ether oxygens (including phenoxy) is 2. The quantitative estimate of drug-likeness (QED) is 0.0702. The Labute approximate surface area is 330 Å². The van der Waals surface area contributed by atoms with Crippen LogP contribution in [0.4, 0.5) is 14.4 Å². The zero-order valence-electron chi connectivity index (χ0n) is 34.1. The van der Waals surface area contributed by atoms with E-state index in [9.17, 15) is 38.4 Å². The van der Waals surface area contributed by atoms with E-state index < -0.39 is 89.7 Å². The van der Waals surface area contributed by atoms with Crippen LogP contribution in [0.2, 0.25) is 0 Å². The molecule has 0 bridgehead atoms. The molecule has 9 amide bonds. The number of amides is 9. The minimum absolute atomic E-state index is 0.0613. The first-order valence-electron chi connectivity index (χ1n) is 19.0. The van der Waals surface area contributed by atoms with Gasteiger partial charge in [-0.2, -0.15) is 0 Å². The summed E-state index contributed by atoms with van der Waals surface area (Å²) in [4.78, 5) is 103. The van der Waals surface area contributed by atoms with E-state index in [0.29, 0.717) is 45.1 Å². The molecule has 0 aromatic carbocycles. The Morgan fingerprint density at radius 1 is 0.643 bits per heavy atom. The summed E-state index contributed by atoms with van der Waals surface area (Å²) in [5, 5.41) is 23.0. The number of hydrogen-bond donors (Lipinski definition) is 9. The summed E-state index contributed by atoms with van der Waals surface area (Å²) in [6, 6.07) is -5.70. The highest BCUT2D eigenvalue weighted by Crippen LogP contribution is 2.09. The highest BCUT2D eigenvalue weighted by molar-refractivity contribution is 6.23. The Bertz CT molecular complexity index is 1320. The van der Waals surface area contributed by atoms with Gasteiger partial charge in [0.25, 0.3) is 5.91 Å². The van der Waals surface area contributed by atoms with Gasteiger partial charge >= 0.3 is 25.8 Å². The van der Waals surface area contributed by atoms with E-state index in [4.69, 9.17) is 14.1 Å². The molecule has 0 spiro atoms. The van der Waals surface area contributed by atoms with Crippen molar-refractivity contribution in [1.82, 2.24) is 47.8 Å². The topological polar surface area (TPSA) is 273 Å². The Morgan fingerprint density at radius 3 is 1.62 bits per heavy atom. The van der Waals surface area contributed by atoms with Crippen molar-refractivity contribution in [1.29, 1.82) is 0 Å². The van der Waals surface area contributed by atoms with Crippen LogP contribution >= 0.6 is 0 Å². The molecule has 0 aromatic rings. The summed E-state index contributed by atoms with van der Waals surface area (Å²) in [6.07, 6.45) is 1.67. The fourth-order valence-corrected chi connectivity index (χ4v) is 5.09. The van der Waals surface area contributed by atoms with Crippen LogP contribution in [0, 0.1) is 0 Å². The summed E-state index contributed by atoms with van der Waals surface area (Å²) in [6.45, 7) is 12.2. The van der Waals surface area contributed by atoms with Gasteiger partial charge < -0.3 is 56.6 Å². The van der Waals surface area contributed by atoms with E-state index >= 15 is 0 Å².